The van der Waals surface area contributed by atoms with Gasteiger partial charge < -0.3 is 43.5 Å². The molecule has 1 N–H and O–H groups in total. The summed E-state index contributed by atoms with van der Waals surface area (Å²) in [5.74, 6) is 0.670. The van der Waals surface area contributed by atoms with Gasteiger partial charge in [-0.25, -0.2) is 19.2 Å². The molecule has 3 aliphatic rings. The molecule has 3 amide bonds. The average molecular weight is 691 g/mol. The summed E-state index contributed by atoms with van der Waals surface area (Å²) in [6, 6.07) is 6.61. The molecule has 274 valence electrons. The summed E-state index contributed by atoms with van der Waals surface area (Å²) in [4.78, 5) is 57.2. The number of ether oxygens (including phenoxy) is 6. The molecule has 1 aromatic rings. The van der Waals surface area contributed by atoms with Crippen molar-refractivity contribution in [2.24, 2.45) is 5.41 Å². The molecule has 3 saturated heterocycles. The maximum absolute atomic E-state index is 13.5. The normalized spacial score (nSPS) is 22.0. The highest BCUT2D eigenvalue weighted by atomic mass is 16.7. The van der Waals surface area contributed by atoms with Gasteiger partial charge in [-0.15, -0.1) is 0 Å². The number of carbonyl (C=O) groups excluding carboxylic acids is 4. The lowest BCUT2D eigenvalue weighted by Gasteiger charge is -2.60. The number of nitrogens with one attached hydrogen (secondary N) is 1. The molecule has 0 aliphatic carbocycles. The summed E-state index contributed by atoms with van der Waals surface area (Å²) in [5, 5.41) is 2.81. The maximum Gasteiger partial charge on any atom is 0.509 e. The van der Waals surface area contributed by atoms with Crippen LogP contribution < -0.4 is 10.1 Å². The van der Waals surface area contributed by atoms with E-state index in [0.717, 1.165) is 18.7 Å². The molecule has 0 unspecified atom stereocenters. The molecule has 1 aromatic carbocycles. The van der Waals surface area contributed by atoms with Crippen LogP contribution in [0, 0.1) is 5.41 Å². The van der Waals surface area contributed by atoms with E-state index in [4.69, 9.17) is 28.4 Å². The summed E-state index contributed by atoms with van der Waals surface area (Å²) in [6.07, 6.45) is -4.31. The largest absolute Gasteiger partial charge is 0.509 e. The van der Waals surface area contributed by atoms with Crippen LogP contribution in [-0.2, 0) is 30.1 Å². The molecule has 14 heteroatoms. The van der Waals surface area contributed by atoms with Crippen LogP contribution in [0.2, 0.25) is 0 Å². The summed E-state index contributed by atoms with van der Waals surface area (Å²) in [7, 11) is 1.57. The molecule has 0 bridgehead atoms. The third-order valence-corrected chi connectivity index (χ3v) is 8.15. The number of hydrogen-bond acceptors (Lipinski definition) is 11. The Kier molecular flexibility index (Phi) is 11.2. The third kappa shape index (κ3) is 10.8. The van der Waals surface area contributed by atoms with Crippen molar-refractivity contribution in [3.05, 3.63) is 29.8 Å². The van der Waals surface area contributed by atoms with E-state index < -0.39 is 53.4 Å². The molecule has 3 fully saturated rings. The minimum Gasteiger partial charge on any atom is -0.497 e. The molecule has 3 aliphatic heterocycles. The monoisotopic (exact) mass is 690 g/mol. The van der Waals surface area contributed by atoms with Gasteiger partial charge in [-0.3, -0.25) is 4.90 Å². The Hall–Kier alpha value is -3.94. The van der Waals surface area contributed by atoms with Crippen molar-refractivity contribution in [1.82, 2.24) is 20.0 Å². The van der Waals surface area contributed by atoms with Gasteiger partial charge in [0.05, 0.1) is 19.7 Å². The average Bonchev–Trinajstić information content (AvgIpc) is 3.22. The van der Waals surface area contributed by atoms with Gasteiger partial charge >= 0.3 is 24.4 Å². The Morgan fingerprint density at radius 3 is 1.92 bits per heavy atom. The van der Waals surface area contributed by atoms with E-state index in [2.05, 4.69) is 10.2 Å². The summed E-state index contributed by atoms with van der Waals surface area (Å²) < 4.78 is 33.5. The summed E-state index contributed by atoms with van der Waals surface area (Å²) >= 11 is 0. The zero-order valence-electron chi connectivity index (χ0n) is 30.6. The highest BCUT2D eigenvalue weighted by molar-refractivity contribution is 5.71. The van der Waals surface area contributed by atoms with Crippen molar-refractivity contribution < 1.29 is 47.6 Å². The van der Waals surface area contributed by atoms with Gasteiger partial charge in [-0.1, -0.05) is 12.1 Å². The number of likely N-dealkylation sites (tertiary alicyclic amines) is 3. The molecular formula is C35H54N4O10. The standard InChI is InChI=1S/C35H54N4O10/c1-32(2,3)47-29(41)38-21-35(22-38)19-37(20-35)16-15-36-28(40)46-27-25(17-23-11-13-24(44-10)14-12-23)39(30(42)48-33(4,5)6)18-26(27)45-31(43)49-34(7,8)9/h11-14,25-27H,15-22H2,1-10H3,(H,36,40)/t25-,26+,27+/m1/s1. The Bertz CT molecular complexity index is 1330. The summed E-state index contributed by atoms with van der Waals surface area (Å²) in [5.41, 5.74) is -1.23. The number of rotatable bonds is 8. The fourth-order valence-electron chi connectivity index (χ4n) is 6.24. The number of amides is 3. The van der Waals surface area contributed by atoms with Crippen LogP contribution in [0.5, 0.6) is 5.75 Å². The van der Waals surface area contributed by atoms with E-state index in [-0.39, 0.29) is 24.5 Å². The summed E-state index contributed by atoms with van der Waals surface area (Å²) in [6.45, 7) is 19.7. The van der Waals surface area contributed by atoms with Gasteiger partial charge in [0.1, 0.15) is 22.6 Å². The van der Waals surface area contributed by atoms with Gasteiger partial charge in [0.25, 0.3) is 0 Å². The van der Waals surface area contributed by atoms with E-state index >= 15 is 0 Å². The molecule has 4 rings (SSSR count). The van der Waals surface area contributed by atoms with Crippen molar-refractivity contribution in [3.8, 4) is 5.75 Å². The highest BCUT2D eigenvalue weighted by Gasteiger charge is 2.54. The number of nitrogens with zero attached hydrogens (tertiary/aromatic N) is 3. The number of alkyl carbamates (subject to hydrolysis) is 1. The van der Waals surface area contributed by atoms with Crippen LogP contribution >= 0.6 is 0 Å². The Balaban J connectivity index is 1.40. The first-order valence-electron chi connectivity index (χ1n) is 16.8. The van der Waals surface area contributed by atoms with Crippen LogP contribution in [0.25, 0.3) is 0 Å². The Labute approximate surface area is 289 Å². The van der Waals surface area contributed by atoms with Gasteiger partial charge in [0, 0.05) is 44.7 Å². The number of benzene rings is 1. The fraction of sp³-hybridized carbons (Fsp3) is 0.714. The topological polar surface area (TPSA) is 145 Å². The second-order valence-electron chi connectivity index (χ2n) is 16.2. The molecular weight excluding hydrogens is 636 g/mol. The molecule has 0 aromatic heterocycles. The molecule has 49 heavy (non-hydrogen) atoms. The van der Waals surface area contributed by atoms with Gasteiger partial charge in [0.15, 0.2) is 12.2 Å². The van der Waals surface area contributed by atoms with Crippen LogP contribution in [0.1, 0.15) is 67.9 Å². The predicted octanol–water partition coefficient (Wildman–Crippen LogP) is 4.82. The van der Waals surface area contributed by atoms with Gasteiger partial charge in [-0.2, -0.15) is 0 Å². The van der Waals surface area contributed by atoms with Gasteiger partial charge in [-0.05, 0) is 86.4 Å². The van der Waals surface area contributed by atoms with Crippen LogP contribution in [-0.4, -0.2) is 127 Å². The Morgan fingerprint density at radius 1 is 0.796 bits per heavy atom. The molecule has 1 spiro atoms. The number of hydrogen-bond donors (Lipinski definition) is 1. The number of methoxy groups -OCH3 is 1. The minimum absolute atomic E-state index is 0.0628. The molecule has 3 atom stereocenters. The van der Waals surface area contributed by atoms with E-state index in [1.54, 1.807) is 65.7 Å². The lowest BCUT2D eigenvalue weighted by Crippen LogP contribution is -2.73. The lowest BCUT2D eigenvalue weighted by molar-refractivity contribution is -0.111. The van der Waals surface area contributed by atoms with Crippen molar-refractivity contribution >= 4 is 24.4 Å². The molecule has 0 saturated carbocycles. The smallest absolute Gasteiger partial charge is 0.497 e. The fourth-order valence-corrected chi connectivity index (χ4v) is 6.24. The van der Waals surface area contributed by atoms with Crippen LogP contribution in [0.15, 0.2) is 24.3 Å². The zero-order valence-corrected chi connectivity index (χ0v) is 30.6. The Morgan fingerprint density at radius 2 is 1.37 bits per heavy atom. The van der Waals surface area contributed by atoms with Crippen molar-refractivity contribution in [2.45, 2.75) is 104 Å². The minimum atomic E-state index is -1.02. The van der Waals surface area contributed by atoms with Gasteiger partial charge in [0.2, 0.25) is 0 Å². The molecule has 0 radical (unpaired) electrons. The van der Waals surface area contributed by atoms with E-state index in [0.29, 0.717) is 31.9 Å². The predicted molar refractivity (Wildman–Crippen MR) is 179 cm³/mol. The van der Waals surface area contributed by atoms with Crippen molar-refractivity contribution in [2.75, 3.05) is 52.9 Å². The maximum atomic E-state index is 13.5. The SMILES string of the molecule is COc1ccc(C[C@@H]2[C@H](OC(=O)NCCN3CC4(C3)CN(C(=O)OC(C)(C)C)C4)[C@@H](OC(=O)OC(C)(C)C)CN2C(=O)OC(C)(C)C)cc1. The van der Waals surface area contributed by atoms with E-state index in [1.807, 2.05) is 32.9 Å². The second-order valence-corrected chi connectivity index (χ2v) is 16.2. The highest BCUT2D eigenvalue weighted by Crippen LogP contribution is 2.40. The lowest BCUT2D eigenvalue weighted by atomic mass is 9.73. The van der Waals surface area contributed by atoms with Crippen LogP contribution in [0.3, 0.4) is 0 Å². The molecule has 14 nitrogen and oxygen atoms in total. The van der Waals surface area contributed by atoms with Crippen molar-refractivity contribution in [3.63, 3.8) is 0 Å². The second kappa shape index (κ2) is 14.5. The first-order valence-corrected chi connectivity index (χ1v) is 16.8. The third-order valence-electron chi connectivity index (χ3n) is 8.15. The first kappa shape index (κ1) is 37.9. The first-order chi connectivity index (χ1) is 22.6. The van der Waals surface area contributed by atoms with E-state index in [1.165, 1.54) is 4.90 Å². The number of carbonyl (C=O) groups is 4. The molecule has 3 heterocycles. The van der Waals surface area contributed by atoms with Crippen LogP contribution in [0.4, 0.5) is 19.2 Å². The van der Waals surface area contributed by atoms with E-state index in [9.17, 15) is 19.2 Å². The quantitative estimate of drug-likeness (QED) is 0.296. The zero-order chi connectivity index (χ0) is 36.4. The van der Waals surface area contributed by atoms with Crippen molar-refractivity contribution in [1.29, 1.82) is 0 Å².